The number of hydrogen-bond donors (Lipinski definition) is 1. The molecule has 8 heavy (non-hydrogen) atoms. The Labute approximate surface area is 50.1 Å². The molecule has 0 saturated carbocycles. The van der Waals surface area contributed by atoms with Crippen LogP contribution in [0.4, 0.5) is 0 Å². The van der Waals surface area contributed by atoms with Crippen LogP contribution in [0.5, 0.6) is 0 Å². The highest BCUT2D eigenvalue weighted by molar-refractivity contribution is 5.78. The molecule has 0 heterocycles. The zero-order valence-corrected chi connectivity index (χ0v) is 5.39. The maximum absolute atomic E-state index is 5.31. The second kappa shape index (κ2) is 4.53. The molecule has 0 saturated heterocycles. The third-order valence-electron chi connectivity index (χ3n) is 0.901. The second-order valence-corrected chi connectivity index (χ2v) is 1.46. The molecule has 0 fully saturated rings. The maximum Gasteiger partial charge on any atom is 0.0277 e. The van der Waals surface area contributed by atoms with Crippen LogP contribution in [-0.2, 0) is 0 Å². The van der Waals surface area contributed by atoms with E-state index in [1.54, 1.807) is 13.3 Å². The van der Waals surface area contributed by atoms with Crippen LogP contribution in [0.2, 0.25) is 0 Å². The van der Waals surface area contributed by atoms with Crippen LogP contribution in [0.25, 0.3) is 0 Å². The van der Waals surface area contributed by atoms with E-state index in [9.17, 15) is 0 Å². The number of nitrogens with zero attached hydrogens (tertiary/aromatic N) is 1. The molecule has 0 aromatic rings. The average Bonchev–Trinajstić information content (AvgIpc) is 1.83. The smallest absolute Gasteiger partial charge is 0.0277 e. The lowest BCUT2D eigenvalue weighted by Gasteiger charge is -1.89. The predicted octanol–water partition coefficient (Wildman–Crippen LogP) is 0.592. The van der Waals surface area contributed by atoms with Gasteiger partial charge in [-0.05, 0) is 12.5 Å². The highest BCUT2D eigenvalue weighted by Crippen LogP contribution is 1.82. The Balaban J connectivity index is 3.72. The molecule has 0 aliphatic heterocycles. The molecule has 0 bridgehead atoms. The van der Waals surface area contributed by atoms with Gasteiger partial charge in [0.2, 0.25) is 0 Å². The van der Waals surface area contributed by atoms with Crippen molar-refractivity contribution in [2.45, 2.75) is 6.92 Å². The molecule has 0 aromatic carbocycles. The average molecular weight is 112 g/mol. The van der Waals surface area contributed by atoms with Gasteiger partial charge < -0.3 is 5.73 Å². The third kappa shape index (κ3) is 2.53. The van der Waals surface area contributed by atoms with Crippen LogP contribution in [0.3, 0.4) is 0 Å². The van der Waals surface area contributed by atoms with Gasteiger partial charge in [0.15, 0.2) is 0 Å². The first-order chi connectivity index (χ1) is 3.85. The van der Waals surface area contributed by atoms with Crippen LogP contribution in [0, 0.1) is 0 Å². The zero-order valence-electron chi connectivity index (χ0n) is 5.39. The maximum atomic E-state index is 5.31. The van der Waals surface area contributed by atoms with E-state index in [2.05, 4.69) is 4.99 Å². The Kier molecular flexibility index (Phi) is 4.17. The molecule has 0 aliphatic carbocycles. The van der Waals surface area contributed by atoms with Crippen LogP contribution in [0.1, 0.15) is 6.92 Å². The van der Waals surface area contributed by atoms with Crippen molar-refractivity contribution in [1.82, 2.24) is 0 Å². The minimum Gasteiger partial charge on any atom is -0.326 e. The summed E-state index contributed by atoms with van der Waals surface area (Å²) < 4.78 is 0. The highest BCUT2D eigenvalue weighted by Gasteiger charge is 1.81. The Morgan fingerprint density at radius 1 is 1.75 bits per heavy atom. The van der Waals surface area contributed by atoms with Gasteiger partial charge >= 0.3 is 0 Å². The molecule has 0 amide bonds. The molecule has 0 atom stereocenters. The van der Waals surface area contributed by atoms with E-state index in [0.717, 1.165) is 5.57 Å². The molecule has 0 unspecified atom stereocenters. The van der Waals surface area contributed by atoms with Crippen molar-refractivity contribution in [3.63, 3.8) is 0 Å². The number of aliphatic imine (C=N–C) groups is 1. The van der Waals surface area contributed by atoms with E-state index in [1.807, 2.05) is 13.0 Å². The van der Waals surface area contributed by atoms with E-state index in [-0.39, 0.29) is 0 Å². The lowest BCUT2D eigenvalue weighted by molar-refractivity contribution is 1.20. The molecule has 2 N–H and O–H groups in total. The Morgan fingerprint density at radius 3 is 2.50 bits per heavy atom. The van der Waals surface area contributed by atoms with Gasteiger partial charge in [0.1, 0.15) is 0 Å². The molecule has 0 aromatic heterocycles. The minimum absolute atomic E-state index is 0.577. The van der Waals surface area contributed by atoms with E-state index in [4.69, 9.17) is 5.73 Å². The third-order valence-corrected chi connectivity index (χ3v) is 0.901. The van der Waals surface area contributed by atoms with Crippen molar-refractivity contribution in [2.24, 2.45) is 10.7 Å². The SMILES string of the molecule is CC=C(C=NC)CN. The van der Waals surface area contributed by atoms with Crippen LogP contribution in [0.15, 0.2) is 16.6 Å². The van der Waals surface area contributed by atoms with Gasteiger partial charge in [-0.15, -0.1) is 0 Å². The number of hydrogen-bond acceptors (Lipinski definition) is 2. The van der Waals surface area contributed by atoms with Gasteiger partial charge in [0.05, 0.1) is 0 Å². The van der Waals surface area contributed by atoms with Gasteiger partial charge in [-0.3, -0.25) is 4.99 Å². The largest absolute Gasteiger partial charge is 0.326 e. The molecular weight excluding hydrogens is 100 g/mol. The van der Waals surface area contributed by atoms with Gasteiger partial charge in [0.25, 0.3) is 0 Å². The summed E-state index contributed by atoms with van der Waals surface area (Å²) in [5, 5.41) is 0. The van der Waals surface area contributed by atoms with E-state index in [1.165, 1.54) is 0 Å². The molecule has 0 radical (unpaired) electrons. The summed E-state index contributed by atoms with van der Waals surface area (Å²) in [6.45, 7) is 2.53. The van der Waals surface area contributed by atoms with Crippen molar-refractivity contribution in [2.75, 3.05) is 13.6 Å². The summed E-state index contributed by atoms with van der Waals surface area (Å²) in [6, 6.07) is 0. The fraction of sp³-hybridized carbons (Fsp3) is 0.500. The summed E-state index contributed by atoms with van der Waals surface area (Å²) in [4.78, 5) is 3.80. The van der Waals surface area contributed by atoms with Gasteiger partial charge in [-0.2, -0.15) is 0 Å². The second-order valence-electron chi connectivity index (χ2n) is 1.46. The quantitative estimate of drug-likeness (QED) is 0.522. The first kappa shape index (κ1) is 7.37. The molecule has 0 spiro atoms. The van der Waals surface area contributed by atoms with Crippen LogP contribution in [-0.4, -0.2) is 19.8 Å². The number of rotatable bonds is 2. The minimum atomic E-state index is 0.577. The summed E-state index contributed by atoms with van der Waals surface area (Å²) in [5.74, 6) is 0. The summed E-state index contributed by atoms with van der Waals surface area (Å²) in [7, 11) is 1.74. The fourth-order valence-corrected chi connectivity index (χ4v) is 0.411. The van der Waals surface area contributed by atoms with Crippen molar-refractivity contribution in [3.8, 4) is 0 Å². The van der Waals surface area contributed by atoms with Gasteiger partial charge in [0, 0.05) is 19.8 Å². The summed E-state index contributed by atoms with van der Waals surface area (Å²) in [6.07, 6.45) is 3.72. The topological polar surface area (TPSA) is 38.4 Å². The van der Waals surface area contributed by atoms with E-state index < -0.39 is 0 Å². The zero-order chi connectivity index (χ0) is 6.41. The fourth-order valence-electron chi connectivity index (χ4n) is 0.411. The Morgan fingerprint density at radius 2 is 2.38 bits per heavy atom. The van der Waals surface area contributed by atoms with Gasteiger partial charge in [-0.1, -0.05) is 6.08 Å². The molecular formula is C6H12N2. The lowest BCUT2D eigenvalue weighted by atomic mass is 10.3. The summed E-state index contributed by atoms with van der Waals surface area (Å²) >= 11 is 0. The first-order valence-corrected chi connectivity index (χ1v) is 2.62. The standard InChI is InChI=1S/C6H12N2/c1-3-6(4-7)5-8-2/h3,5H,4,7H2,1-2H3. The number of allylic oxidation sites excluding steroid dienone is 1. The molecule has 0 rings (SSSR count). The van der Waals surface area contributed by atoms with Gasteiger partial charge in [-0.25, -0.2) is 0 Å². The van der Waals surface area contributed by atoms with E-state index in [0.29, 0.717) is 6.54 Å². The highest BCUT2D eigenvalue weighted by atomic mass is 14.6. The molecule has 46 valence electrons. The Hall–Kier alpha value is -0.630. The molecule has 2 heteroatoms. The van der Waals surface area contributed by atoms with E-state index >= 15 is 0 Å². The monoisotopic (exact) mass is 112 g/mol. The van der Waals surface area contributed by atoms with Crippen molar-refractivity contribution >= 4 is 6.21 Å². The number of nitrogens with two attached hydrogens (primary N) is 1. The van der Waals surface area contributed by atoms with Crippen LogP contribution >= 0.6 is 0 Å². The normalized spacial score (nSPS) is 13.1. The lowest BCUT2D eigenvalue weighted by Crippen LogP contribution is -2.03. The summed E-state index contributed by atoms with van der Waals surface area (Å²) in [5.41, 5.74) is 6.39. The predicted molar refractivity (Wildman–Crippen MR) is 37.2 cm³/mol. The molecule has 2 nitrogen and oxygen atoms in total. The van der Waals surface area contributed by atoms with Crippen molar-refractivity contribution in [3.05, 3.63) is 11.6 Å². The Bertz CT molecular complexity index is 100. The molecule has 0 aliphatic rings. The first-order valence-electron chi connectivity index (χ1n) is 2.62. The van der Waals surface area contributed by atoms with Crippen molar-refractivity contribution < 1.29 is 0 Å². The van der Waals surface area contributed by atoms with Crippen molar-refractivity contribution in [1.29, 1.82) is 0 Å². The van der Waals surface area contributed by atoms with Crippen LogP contribution < -0.4 is 5.73 Å².